The van der Waals surface area contributed by atoms with Crippen LogP contribution in [-0.4, -0.2) is 48.8 Å². The number of rotatable bonds is 6. The summed E-state index contributed by atoms with van der Waals surface area (Å²) >= 11 is 0. The van der Waals surface area contributed by atoms with Crippen molar-refractivity contribution < 1.29 is 9.59 Å². The van der Waals surface area contributed by atoms with Gasteiger partial charge in [-0.25, -0.2) is 0 Å². The molecule has 0 unspecified atom stereocenters. The lowest BCUT2D eigenvalue weighted by Gasteiger charge is -2.19. The highest BCUT2D eigenvalue weighted by molar-refractivity contribution is 5.79. The van der Waals surface area contributed by atoms with E-state index in [1.807, 2.05) is 13.8 Å². The van der Waals surface area contributed by atoms with Crippen LogP contribution in [0.2, 0.25) is 0 Å². The first-order valence-corrected chi connectivity index (χ1v) is 4.52. The number of carbonyl (C=O) groups is 1. The van der Waals surface area contributed by atoms with Gasteiger partial charge in [0.1, 0.15) is 6.54 Å². The van der Waals surface area contributed by atoms with Crippen molar-refractivity contribution in [2.45, 2.75) is 20.3 Å². The van der Waals surface area contributed by atoms with Crippen LogP contribution in [0.3, 0.4) is 0 Å². The van der Waals surface area contributed by atoms with Gasteiger partial charge in [-0.15, -0.1) is 0 Å². The molecular formula is C9H17N2O2. The Morgan fingerprint density at radius 3 is 2.38 bits per heavy atom. The maximum absolute atomic E-state index is 11.4. The van der Waals surface area contributed by atoms with Crippen molar-refractivity contribution in [2.24, 2.45) is 0 Å². The van der Waals surface area contributed by atoms with Crippen LogP contribution in [0.4, 0.5) is 0 Å². The summed E-state index contributed by atoms with van der Waals surface area (Å²) in [5, 5.41) is 0. The summed E-state index contributed by atoms with van der Waals surface area (Å²) < 4.78 is 0. The van der Waals surface area contributed by atoms with Crippen molar-refractivity contribution in [3.05, 3.63) is 0 Å². The normalized spacial score (nSPS) is 9.46. The van der Waals surface area contributed by atoms with Gasteiger partial charge in [0.25, 0.3) is 0 Å². The molecule has 4 heteroatoms. The van der Waals surface area contributed by atoms with Gasteiger partial charge in [0, 0.05) is 20.1 Å². The van der Waals surface area contributed by atoms with E-state index in [4.69, 9.17) is 0 Å². The fraction of sp³-hybridized carbons (Fsp3) is 0.778. The zero-order chi connectivity index (χ0) is 10.3. The van der Waals surface area contributed by atoms with Crippen molar-refractivity contribution in [3.63, 3.8) is 0 Å². The van der Waals surface area contributed by atoms with Crippen molar-refractivity contribution in [2.75, 3.05) is 26.7 Å². The smallest absolute Gasteiger partial charge is 0.312 e. The van der Waals surface area contributed by atoms with Gasteiger partial charge < -0.3 is 9.80 Å². The summed E-state index contributed by atoms with van der Waals surface area (Å²) in [6.45, 7) is 5.21. The SMILES string of the molecule is CCCN(C)C(=O)CN([C]=O)CC. The molecule has 0 saturated heterocycles. The molecule has 0 saturated carbocycles. The maximum Gasteiger partial charge on any atom is 0.312 e. The van der Waals surface area contributed by atoms with E-state index >= 15 is 0 Å². The summed E-state index contributed by atoms with van der Waals surface area (Å²) in [7, 11) is 1.74. The summed E-state index contributed by atoms with van der Waals surface area (Å²) in [5.74, 6) is -0.0351. The van der Waals surface area contributed by atoms with Crippen molar-refractivity contribution in [1.29, 1.82) is 0 Å². The number of hydrogen-bond donors (Lipinski definition) is 0. The Labute approximate surface area is 79.5 Å². The molecule has 0 heterocycles. The molecule has 0 rings (SSSR count). The minimum absolute atomic E-state index is 0.0351. The number of carbonyl (C=O) groups excluding carboxylic acids is 2. The third-order valence-corrected chi connectivity index (χ3v) is 1.82. The monoisotopic (exact) mass is 185 g/mol. The van der Waals surface area contributed by atoms with Gasteiger partial charge in [-0.05, 0) is 13.3 Å². The highest BCUT2D eigenvalue weighted by Gasteiger charge is 2.11. The number of likely N-dealkylation sites (N-methyl/N-ethyl adjacent to an activating group) is 2. The van der Waals surface area contributed by atoms with E-state index in [1.165, 1.54) is 4.90 Å². The molecular weight excluding hydrogens is 168 g/mol. The molecule has 0 fully saturated rings. The highest BCUT2D eigenvalue weighted by Crippen LogP contribution is 1.91. The third-order valence-electron chi connectivity index (χ3n) is 1.82. The van der Waals surface area contributed by atoms with Crippen molar-refractivity contribution >= 4 is 12.3 Å². The Bertz CT molecular complexity index is 171. The second-order valence-corrected chi connectivity index (χ2v) is 2.92. The van der Waals surface area contributed by atoms with Gasteiger partial charge in [-0.1, -0.05) is 6.92 Å². The number of hydrogen-bond acceptors (Lipinski definition) is 2. The molecule has 0 aliphatic rings. The van der Waals surface area contributed by atoms with Gasteiger partial charge in [0.15, 0.2) is 0 Å². The van der Waals surface area contributed by atoms with Crippen molar-refractivity contribution in [3.8, 4) is 0 Å². The van der Waals surface area contributed by atoms with Crippen LogP contribution in [0.5, 0.6) is 0 Å². The van der Waals surface area contributed by atoms with E-state index < -0.39 is 0 Å². The molecule has 0 atom stereocenters. The Kier molecular flexibility index (Phi) is 5.93. The summed E-state index contributed by atoms with van der Waals surface area (Å²) in [6.07, 6.45) is 2.65. The number of nitrogens with zero attached hydrogens (tertiary/aromatic N) is 2. The average molecular weight is 185 g/mol. The Morgan fingerprint density at radius 2 is 2.00 bits per heavy atom. The lowest BCUT2D eigenvalue weighted by molar-refractivity contribution is -0.130. The lowest BCUT2D eigenvalue weighted by atomic mass is 10.4. The van der Waals surface area contributed by atoms with Gasteiger partial charge in [-0.3, -0.25) is 9.59 Å². The van der Waals surface area contributed by atoms with E-state index in [2.05, 4.69) is 0 Å². The van der Waals surface area contributed by atoms with Crippen LogP contribution in [0.25, 0.3) is 0 Å². The fourth-order valence-corrected chi connectivity index (χ4v) is 0.953. The summed E-state index contributed by atoms with van der Waals surface area (Å²) in [6, 6.07) is 0. The first-order valence-electron chi connectivity index (χ1n) is 4.52. The first kappa shape index (κ1) is 11.9. The third kappa shape index (κ3) is 4.50. The highest BCUT2D eigenvalue weighted by atomic mass is 16.2. The average Bonchev–Trinajstić information content (AvgIpc) is 2.14. The topological polar surface area (TPSA) is 40.6 Å². The molecule has 0 aromatic rings. The Morgan fingerprint density at radius 1 is 1.38 bits per heavy atom. The fourth-order valence-electron chi connectivity index (χ4n) is 0.953. The first-order chi connectivity index (χ1) is 6.15. The van der Waals surface area contributed by atoms with Crippen LogP contribution < -0.4 is 0 Å². The quantitative estimate of drug-likeness (QED) is 0.556. The minimum Gasteiger partial charge on any atom is -0.344 e. The molecule has 0 aromatic carbocycles. The maximum atomic E-state index is 11.4. The Hall–Kier alpha value is -1.06. The molecule has 2 amide bonds. The second-order valence-electron chi connectivity index (χ2n) is 2.92. The zero-order valence-corrected chi connectivity index (χ0v) is 8.54. The molecule has 13 heavy (non-hydrogen) atoms. The molecule has 0 bridgehead atoms. The van der Waals surface area contributed by atoms with E-state index in [9.17, 15) is 9.59 Å². The molecule has 4 nitrogen and oxygen atoms in total. The summed E-state index contributed by atoms with van der Waals surface area (Å²) in [5.41, 5.74) is 0. The standard InChI is InChI=1S/C9H17N2O2/c1-4-6-10(3)9(13)7-11(5-2)8-12/h4-7H2,1-3H3. The van der Waals surface area contributed by atoms with E-state index in [-0.39, 0.29) is 12.5 Å². The zero-order valence-electron chi connectivity index (χ0n) is 8.54. The Balaban J connectivity index is 3.90. The van der Waals surface area contributed by atoms with E-state index in [1.54, 1.807) is 18.4 Å². The van der Waals surface area contributed by atoms with Crippen LogP contribution in [0, 0.1) is 0 Å². The molecule has 0 aliphatic carbocycles. The molecule has 1 radical (unpaired) electrons. The molecule has 75 valence electrons. The molecule has 0 N–H and O–H groups in total. The van der Waals surface area contributed by atoms with Gasteiger partial charge >= 0.3 is 6.41 Å². The van der Waals surface area contributed by atoms with Crippen LogP contribution >= 0.6 is 0 Å². The lowest BCUT2D eigenvalue weighted by Crippen LogP contribution is -2.38. The predicted octanol–water partition coefficient (Wildman–Crippen LogP) is 0.244. The molecule has 0 spiro atoms. The molecule has 0 aromatic heterocycles. The number of amides is 2. The predicted molar refractivity (Wildman–Crippen MR) is 50.9 cm³/mol. The van der Waals surface area contributed by atoms with E-state index in [0.29, 0.717) is 6.54 Å². The van der Waals surface area contributed by atoms with Crippen LogP contribution in [0.15, 0.2) is 0 Å². The van der Waals surface area contributed by atoms with Gasteiger partial charge in [0.05, 0.1) is 0 Å². The second kappa shape index (κ2) is 6.46. The van der Waals surface area contributed by atoms with Gasteiger partial charge in [0.2, 0.25) is 5.91 Å². The summed E-state index contributed by atoms with van der Waals surface area (Å²) in [4.78, 5) is 24.6. The minimum atomic E-state index is -0.0351. The van der Waals surface area contributed by atoms with Gasteiger partial charge in [-0.2, -0.15) is 0 Å². The molecule has 0 aliphatic heterocycles. The van der Waals surface area contributed by atoms with Crippen molar-refractivity contribution in [1.82, 2.24) is 9.80 Å². The van der Waals surface area contributed by atoms with Crippen LogP contribution in [0.1, 0.15) is 20.3 Å². The van der Waals surface area contributed by atoms with E-state index in [0.717, 1.165) is 13.0 Å². The largest absolute Gasteiger partial charge is 0.344 e. The van der Waals surface area contributed by atoms with Crippen LogP contribution in [-0.2, 0) is 9.59 Å².